The predicted octanol–water partition coefficient (Wildman–Crippen LogP) is 7.94. The molecule has 1 heterocycles. The second-order valence-corrected chi connectivity index (χ2v) is 9.06. The van der Waals surface area contributed by atoms with Crippen LogP contribution < -0.4 is 5.73 Å². The highest BCUT2D eigenvalue weighted by molar-refractivity contribution is 6.33. The number of nitriles is 1. The van der Waals surface area contributed by atoms with Crippen molar-refractivity contribution < 1.29 is 0 Å². The molecule has 1 unspecified atom stereocenters. The van der Waals surface area contributed by atoms with Gasteiger partial charge in [-0.2, -0.15) is 5.26 Å². The Morgan fingerprint density at radius 1 is 1.20 bits per heavy atom. The quantitative estimate of drug-likeness (QED) is 0.262. The lowest BCUT2D eigenvalue weighted by Gasteiger charge is -2.22. The molecular weight excluding hydrogens is 450 g/mol. The average molecular weight is 482 g/mol. The van der Waals surface area contributed by atoms with Gasteiger partial charge in [-0.3, -0.25) is 4.98 Å². The van der Waals surface area contributed by atoms with E-state index in [0.717, 1.165) is 51.9 Å². The van der Waals surface area contributed by atoms with Crippen LogP contribution in [0.1, 0.15) is 54.6 Å². The van der Waals surface area contributed by atoms with Crippen molar-refractivity contribution in [1.29, 1.82) is 5.26 Å². The van der Waals surface area contributed by atoms with Gasteiger partial charge in [0.1, 0.15) is 0 Å². The van der Waals surface area contributed by atoms with Crippen LogP contribution in [0, 0.1) is 18.3 Å². The van der Waals surface area contributed by atoms with Gasteiger partial charge < -0.3 is 5.73 Å². The smallest absolute Gasteiger partial charge is 0.0953 e. The molecule has 35 heavy (non-hydrogen) atoms. The third-order valence-corrected chi connectivity index (χ3v) is 6.70. The Morgan fingerprint density at radius 2 is 1.91 bits per heavy atom. The van der Waals surface area contributed by atoms with Gasteiger partial charge in [0.2, 0.25) is 0 Å². The maximum atomic E-state index is 9.95. The molecule has 178 valence electrons. The Bertz CT molecular complexity index is 1320. The predicted molar refractivity (Wildman–Crippen MR) is 148 cm³/mol. The fourth-order valence-electron chi connectivity index (χ4n) is 4.35. The highest BCUT2D eigenvalue weighted by atomic mass is 35.5. The van der Waals surface area contributed by atoms with E-state index in [1.807, 2.05) is 63.3 Å². The lowest BCUT2D eigenvalue weighted by Crippen LogP contribution is -2.11. The van der Waals surface area contributed by atoms with E-state index in [0.29, 0.717) is 16.3 Å². The van der Waals surface area contributed by atoms with Gasteiger partial charge in [0.25, 0.3) is 0 Å². The second kappa shape index (κ2) is 11.7. The molecule has 0 bridgehead atoms. The Morgan fingerprint density at radius 3 is 2.49 bits per heavy atom. The summed E-state index contributed by atoms with van der Waals surface area (Å²) in [6, 6.07) is 18.8. The second-order valence-electron chi connectivity index (χ2n) is 8.65. The molecule has 0 fully saturated rings. The Balaban J connectivity index is 2.13. The molecule has 0 saturated heterocycles. The van der Waals surface area contributed by atoms with Crippen molar-refractivity contribution in [2.45, 2.75) is 46.5 Å². The molecule has 0 aliphatic rings. The number of nitrogens with two attached hydrogens (primary N) is 1. The first kappa shape index (κ1) is 26.0. The maximum Gasteiger partial charge on any atom is 0.0953 e. The highest BCUT2D eigenvalue weighted by Gasteiger charge is 2.22. The first-order valence-electron chi connectivity index (χ1n) is 11.8. The van der Waals surface area contributed by atoms with Crippen LogP contribution in [-0.4, -0.2) is 4.98 Å². The normalized spacial score (nSPS) is 13.1. The van der Waals surface area contributed by atoms with E-state index in [9.17, 15) is 5.26 Å². The minimum Gasteiger partial charge on any atom is -0.398 e. The molecule has 3 nitrogen and oxygen atoms in total. The van der Waals surface area contributed by atoms with Gasteiger partial charge in [-0.25, -0.2) is 0 Å². The molecule has 0 aliphatic heterocycles. The van der Waals surface area contributed by atoms with E-state index in [1.165, 1.54) is 5.56 Å². The minimum atomic E-state index is -0.257. The molecule has 2 aromatic carbocycles. The molecular formula is C31H32ClN3. The zero-order valence-corrected chi connectivity index (χ0v) is 21.7. The van der Waals surface area contributed by atoms with Gasteiger partial charge in [-0.05, 0) is 73.6 Å². The molecule has 0 spiro atoms. The van der Waals surface area contributed by atoms with Crippen LogP contribution in [0.2, 0.25) is 5.02 Å². The molecule has 1 aromatic heterocycles. The number of halogens is 1. The number of aryl methyl sites for hydroxylation is 2. The minimum absolute atomic E-state index is 0.257. The third kappa shape index (κ3) is 5.73. The maximum absolute atomic E-state index is 9.95. The van der Waals surface area contributed by atoms with Crippen molar-refractivity contribution in [2.75, 3.05) is 0 Å². The van der Waals surface area contributed by atoms with E-state index in [1.54, 1.807) is 6.20 Å². The van der Waals surface area contributed by atoms with Crippen LogP contribution in [0.5, 0.6) is 0 Å². The van der Waals surface area contributed by atoms with E-state index < -0.39 is 0 Å². The number of nitrogens with zero attached hydrogens (tertiary/aromatic N) is 2. The molecule has 0 saturated carbocycles. The van der Waals surface area contributed by atoms with Crippen LogP contribution in [-0.2, 0) is 12.8 Å². The van der Waals surface area contributed by atoms with Crippen molar-refractivity contribution in [1.82, 2.24) is 4.98 Å². The SMILES string of the molecule is C=CCc1ccc(CC)cc1/C(N)=C(\C)C(/C(C#N)=C\C)c1ccc(-c2cnc(C)cc2Cl)cc1. The molecule has 3 rings (SSSR count). The fraction of sp³-hybridized carbons (Fsp3) is 0.226. The summed E-state index contributed by atoms with van der Waals surface area (Å²) >= 11 is 6.46. The average Bonchev–Trinajstić information content (AvgIpc) is 2.87. The van der Waals surface area contributed by atoms with E-state index >= 15 is 0 Å². The monoisotopic (exact) mass is 481 g/mol. The van der Waals surface area contributed by atoms with Crippen molar-refractivity contribution in [3.05, 3.63) is 118 Å². The van der Waals surface area contributed by atoms with E-state index in [2.05, 4.69) is 42.8 Å². The molecule has 3 aromatic rings. The number of aromatic nitrogens is 1. The zero-order chi connectivity index (χ0) is 25.5. The Hall–Kier alpha value is -3.61. The van der Waals surface area contributed by atoms with Crippen LogP contribution >= 0.6 is 11.6 Å². The molecule has 4 heteroatoms. The van der Waals surface area contributed by atoms with Gasteiger partial charge in [0, 0.05) is 40.2 Å². The summed E-state index contributed by atoms with van der Waals surface area (Å²) in [4.78, 5) is 4.38. The number of rotatable bonds is 8. The molecule has 2 N–H and O–H groups in total. The van der Waals surface area contributed by atoms with Gasteiger partial charge in [0.05, 0.1) is 11.1 Å². The number of hydrogen-bond acceptors (Lipinski definition) is 3. The number of benzene rings is 2. The molecule has 1 atom stereocenters. The summed E-state index contributed by atoms with van der Waals surface area (Å²) < 4.78 is 0. The summed E-state index contributed by atoms with van der Waals surface area (Å²) in [7, 11) is 0. The van der Waals surface area contributed by atoms with Crippen molar-refractivity contribution in [3.63, 3.8) is 0 Å². The van der Waals surface area contributed by atoms with E-state index in [4.69, 9.17) is 17.3 Å². The van der Waals surface area contributed by atoms with Crippen LogP contribution in [0.4, 0.5) is 0 Å². The van der Waals surface area contributed by atoms with Gasteiger partial charge in [-0.15, -0.1) is 6.58 Å². The van der Waals surface area contributed by atoms with Gasteiger partial charge in [0.15, 0.2) is 0 Å². The topological polar surface area (TPSA) is 62.7 Å². The summed E-state index contributed by atoms with van der Waals surface area (Å²) in [5.41, 5.74) is 16.2. The Labute approximate surface area is 214 Å². The molecule has 0 aliphatic carbocycles. The highest BCUT2D eigenvalue weighted by Crippen LogP contribution is 2.37. The molecule has 0 amide bonds. The summed E-state index contributed by atoms with van der Waals surface area (Å²) in [5.74, 6) is -0.257. The van der Waals surface area contributed by atoms with E-state index in [-0.39, 0.29) is 5.92 Å². The zero-order valence-electron chi connectivity index (χ0n) is 20.9. The third-order valence-electron chi connectivity index (χ3n) is 6.39. The van der Waals surface area contributed by atoms with Gasteiger partial charge in [-0.1, -0.05) is 67.1 Å². The van der Waals surface area contributed by atoms with Gasteiger partial charge >= 0.3 is 0 Å². The summed E-state index contributed by atoms with van der Waals surface area (Å²) in [6.45, 7) is 11.9. The van der Waals surface area contributed by atoms with Crippen molar-refractivity contribution in [3.8, 4) is 17.2 Å². The lowest BCUT2D eigenvalue weighted by atomic mass is 9.82. The molecule has 0 radical (unpaired) electrons. The van der Waals surface area contributed by atoms with Crippen LogP contribution in [0.3, 0.4) is 0 Å². The number of hydrogen-bond donors (Lipinski definition) is 1. The lowest BCUT2D eigenvalue weighted by molar-refractivity contribution is 0.944. The van der Waals surface area contributed by atoms with Crippen LogP contribution in [0.15, 0.2) is 84.6 Å². The number of allylic oxidation sites excluding steroid dienone is 4. The standard InChI is InChI=1S/C31H32ClN3/c1-6-9-24-11-10-22(7-2)17-27(24)31(34)21(5)30(23(8-3)18-33)26-14-12-25(13-15-26)28-19-35-20(4)16-29(28)32/h6,8,10-17,19,30H,1,7,9,34H2,2-5H3/b23-8-,31-21-. The van der Waals surface area contributed by atoms with Crippen LogP contribution in [0.25, 0.3) is 16.8 Å². The Kier molecular flexibility index (Phi) is 8.68. The first-order chi connectivity index (χ1) is 16.8. The first-order valence-corrected chi connectivity index (χ1v) is 12.2. The number of pyridine rings is 1. The summed E-state index contributed by atoms with van der Waals surface area (Å²) in [5, 5.41) is 10.6. The summed E-state index contributed by atoms with van der Waals surface area (Å²) in [6.07, 6.45) is 7.20. The van der Waals surface area contributed by atoms with Crippen molar-refractivity contribution in [2.24, 2.45) is 5.73 Å². The van der Waals surface area contributed by atoms with Crippen molar-refractivity contribution >= 4 is 17.3 Å². The fourth-order valence-corrected chi connectivity index (χ4v) is 4.66. The largest absolute Gasteiger partial charge is 0.398 e.